The van der Waals surface area contributed by atoms with E-state index in [1.54, 1.807) is 42.2 Å². The molecule has 1 saturated heterocycles. The molecule has 0 N–H and O–H groups in total. The fraction of sp³-hybridized carbons (Fsp3) is 0.261. The maximum atomic E-state index is 13.2. The van der Waals surface area contributed by atoms with Crippen molar-refractivity contribution in [3.05, 3.63) is 82.7 Å². The van der Waals surface area contributed by atoms with Gasteiger partial charge in [-0.1, -0.05) is 0 Å². The molecule has 6 nitrogen and oxygen atoms in total. The van der Waals surface area contributed by atoms with E-state index in [4.69, 9.17) is 0 Å². The minimum absolute atomic E-state index is 0.190. The van der Waals surface area contributed by atoms with Crippen molar-refractivity contribution in [1.82, 2.24) is 14.7 Å². The minimum Gasteiger partial charge on any atom is -0.368 e. The Bertz CT molecular complexity index is 1120. The number of hydrogen-bond acceptors (Lipinski definition) is 4. The molecule has 0 bridgehead atoms. The van der Waals surface area contributed by atoms with Gasteiger partial charge >= 0.3 is 0 Å². The van der Waals surface area contributed by atoms with E-state index in [1.807, 2.05) is 0 Å². The van der Waals surface area contributed by atoms with Crippen molar-refractivity contribution >= 4 is 11.6 Å². The van der Waals surface area contributed by atoms with E-state index in [1.165, 1.54) is 35.0 Å². The standard InChI is InChI=1S/C23H22F2N4O2/c1-16(29-22(30)11-10-21(26-29)17-2-4-18(24)5-3-17)23(31)28-14-12-27(13-15-28)20-8-6-19(25)7-9-20/h2-11,16H,12-15H2,1H3. The molecule has 0 spiro atoms. The van der Waals surface area contributed by atoms with Crippen LogP contribution in [0.25, 0.3) is 11.3 Å². The van der Waals surface area contributed by atoms with Gasteiger partial charge in [0.05, 0.1) is 5.69 Å². The Balaban J connectivity index is 1.47. The Morgan fingerprint density at radius 3 is 2.06 bits per heavy atom. The van der Waals surface area contributed by atoms with E-state index >= 15 is 0 Å². The lowest BCUT2D eigenvalue weighted by Crippen LogP contribution is -2.51. The lowest BCUT2D eigenvalue weighted by atomic mass is 10.1. The van der Waals surface area contributed by atoms with E-state index in [-0.39, 0.29) is 23.1 Å². The molecule has 4 rings (SSSR count). The third kappa shape index (κ3) is 4.47. The molecule has 0 saturated carbocycles. The summed E-state index contributed by atoms with van der Waals surface area (Å²) in [6.45, 7) is 3.86. The number of carbonyl (C=O) groups is 1. The van der Waals surface area contributed by atoms with E-state index in [0.29, 0.717) is 37.4 Å². The fourth-order valence-electron chi connectivity index (χ4n) is 3.68. The smallest absolute Gasteiger partial charge is 0.267 e. The molecular weight excluding hydrogens is 402 g/mol. The monoisotopic (exact) mass is 424 g/mol. The van der Waals surface area contributed by atoms with Gasteiger partial charge in [0.2, 0.25) is 5.91 Å². The van der Waals surface area contributed by atoms with Gasteiger partial charge in [0.15, 0.2) is 0 Å². The van der Waals surface area contributed by atoms with Crippen molar-refractivity contribution in [1.29, 1.82) is 0 Å². The second kappa shape index (κ2) is 8.67. The van der Waals surface area contributed by atoms with Gasteiger partial charge in [-0.15, -0.1) is 0 Å². The Morgan fingerprint density at radius 2 is 1.45 bits per heavy atom. The summed E-state index contributed by atoms with van der Waals surface area (Å²) < 4.78 is 27.5. The minimum atomic E-state index is -0.773. The van der Waals surface area contributed by atoms with Crippen molar-refractivity contribution in [2.24, 2.45) is 0 Å². The predicted molar refractivity (Wildman–Crippen MR) is 114 cm³/mol. The highest BCUT2D eigenvalue weighted by atomic mass is 19.1. The van der Waals surface area contributed by atoms with Crippen molar-refractivity contribution < 1.29 is 13.6 Å². The number of nitrogens with zero attached hydrogens (tertiary/aromatic N) is 4. The zero-order valence-corrected chi connectivity index (χ0v) is 17.0. The van der Waals surface area contributed by atoms with Gasteiger partial charge in [0.1, 0.15) is 17.7 Å². The molecule has 0 aliphatic carbocycles. The average molecular weight is 424 g/mol. The molecule has 2 aromatic carbocycles. The van der Waals surface area contributed by atoms with Crippen molar-refractivity contribution in [2.75, 3.05) is 31.1 Å². The fourth-order valence-corrected chi connectivity index (χ4v) is 3.68. The van der Waals surface area contributed by atoms with Crippen LogP contribution >= 0.6 is 0 Å². The van der Waals surface area contributed by atoms with Crippen LogP contribution in [0.4, 0.5) is 14.5 Å². The summed E-state index contributed by atoms with van der Waals surface area (Å²) in [6, 6.07) is 14.2. The quantitative estimate of drug-likeness (QED) is 0.646. The Labute approximate surface area is 178 Å². The summed E-state index contributed by atoms with van der Waals surface area (Å²) in [4.78, 5) is 29.2. The molecule has 1 aliphatic rings. The first-order chi connectivity index (χ1) is 14.9. The molecule has 160 valence electrons. The molecule has 1 unspecified atom stereocenters. The number of anilines is 1. The predicted octanol–water partition coefficient (Wildman–Crippen LogP) is 3.10. The number of piperazine rings is 1. The van der Waals surface area contributed by atoms with Crippen LogP contribution in [0.2, 0.25) is 0 Å². The van der Waals surface area contributed by atoms with Crippen LogP contribution in [-0.4, -0.2) is 46.8 Å². The Hall–Kier alpha value is -3.55. The van der Waals surface area contributed by atoms with E-state index in [9.17, 15) is 18.4 Å². The Morgan fingerprint density at radius 1 is 0.871 bits per heavy atom. The first-order valence-electron chi connectivity index (χ1n) is 10.1. The summed E-state index contributed by atoms with van der Waals surface area (Å²) in [5, 5.41) is 4.35. The largest absolute Gasteiger partial charge is 0.368 e. The summed E-state index contributed by atoms with van der Waals surface area (Å²) in [5.41, 5.74) is 1.67. The molecular formula is C23H22F2N4O2. The molecule has 1 amide bonds. The molecule has 1 aromatic heterocycles. The van der Waals surface area contributed by atoms with Gasteiger partial charge in [0, 0.05) is 43.5 Å². The molecule has 1 aliphatic heterocycles. The van der Waals surface area contributed by atoms with Crippen LogP contribution in [-0.2, 0) is 4.79 Å². The topological polar surface area (TPSA) is 58.4 Å². The normalized spacial score (nSPS) is 15.1. The van der Waals surface area contributed by atoms with Gasteiger partial charge in [-0.05, 0) is 61.5 Å². The zero-order valence-electron chi connectivity index (χ0n) is 17.0. The number of hydrogen-bond donors (Lipinski definition) is 0. The van der Waals surface area contributed by atoms with Crippen LogP contribution in [0.3, 0.4) is 0 Å². The third-order valence-corrected chi connectivity index (χ3v) is 5.47. The summed E-state index contributed by atoms with van der Waals surface area (Å²) in [6.07, 6.45) is 0. The van der Waals surface area contributed by atoms with Crippen LogP contribution < -0.4 is 10.5 Å². The lowest BCUT2D eigenvalue weighted by Gasteiger charge is -2.37. The summed E-state index contributed by atoms with van der Waals surface area (Å²) in [7, 11) is 0. The zero-order chi connectivity index (χ0) is 22.0. The molecule has 31 heavy (non-hydrogen) atoms. The molecule has 2 heterocycles. The second-order valence-electron chi connectivity index (χ2n) is 7.47. The van der Waals surface area contributed by atoms with Gasteiger partial charge in [-0.2, -0.15) is 5.10 Å². The van der Waals surface area contributed by atoms with Crippen LogP contribution in [0.5, 0.6) is 0 Å². The SMILES string of the molecule is CC(C(=O)N1CCN(c2ccc(F)cc2)CC1)n1nc(-c2ccc(F)cc2)ccc1=O. The maximum Gasteiger partial charge on any atom is 0.267 e. The van der Waals surface area contributed by atoms with E-state index in [0.717, 1.165) is 5.69 Å². The first kappa shape index (κ1) is 20.7. The summed E-state index contributed by atoms with van der Waals surface area (Å²) >= 11 is 0. The highest BCUT2D eigenvalue weighted by Gasteiger charge is 2.27. The maximum absolute atomic E-state index is 13.2. The van der Waals surface area contributed by atoms with E-state index in [2.05, 4.69) is 10.00 Å². The number of aromatic nitrogens is 2. The highest BCUT2D eigenvalue weighted by Crippen LogP contribution is 2.20. The highest BCUT2D eigenvalue weighted by molar-refractivity contribution is 5.80. The number of amides is 1. The number of rotatable bonds is 4. The van der Waals surface area contributed by atoms with Crippen LogP contribution in [0.15, 0.2) is 65.5 Å². The number of carbonyl (C=O) groups excluding carboxylic acids is 1. The van der Waals surface area contributed by atoms with Crippen molar-refractivity contribution in [3.8, 4) is 11.3 Å². The van der Waals surface area contributed by atoms with Crippen molar-refractivity contribution in [3.63, 3.8) is 0 Å². The van der Waals surface area contributed by atoms with E-state index < -0.39 is 6.04 Å². The van der Waals surface area contributed by atoms with Crippen LogP contribution in [0, 0.1) is 11.6 Å². The lowest BCUT2D eigenvalue weighted by molar-refractivity contribution is -0.135. The second-order valence-corrected chi connectivity index (χ2v) is 7.47. The first-order valence-corrected chi connectivity index (χ1v) is 10.1. The Kier molecular flexibility index (Phi) is 5.79. The molecule has 1 atom stereocenters. The molecule has 3 aromatic rings. The summed E-state index contributed by atoms with van der Waals surface area (Å²) in [5.74, 6) is -0.836. The third-order valence-electron chi connectivity index (χ3n) is 5.47. The molecule has 1 fully saturated rings. The average Bonchev–Trinajstić information content (AvgIpc) is 2.80. The number of benzene rings is 2. The van der Waals surface area contributed by atoms with Crippen LogP contribution in [0.1, 0.15) is 13.0 Å². The van der Waals surface area contributed by atoms with Crippen molar-refractivity contribution in [2.45, 2.75) is 13.0 Å². The van der Waals surface area contributed by atoms with Gasteiger partial charge in [0.25, 0.3) is 5.56 Å². The van der Waals surface area contributed by atoms with Gasteiger partial charge in [-0.3, -0.25) is 9.59 Å². The van der Waals surface area contributed by atoms with Gasteiger partial charge < -0.3 is 9.80 Å². The van der Waals surface area contributed by atoms with Gasteiger partial charge in [-0.25, -0.2) is 13.5 Å². The molecule has 0 radical (unpaired) electrons. The number of halogens is 2. The molecule has 8 heteroatoms.